The van der Waals surface area contributed by atoms with Crippen LogP contribution in [0.4, 0.5) is 0 Å². The van der Waals surface area contributed by atoms with Gasteiger partial charge in [-0.25, -0.2) is 0 Å². The van der Waals surface area contributed by atoms with E-state index < -0.39 is 0 Å². The minimum atomic E-state index is 0.722. The molecule has 0 bridgehead atoms. The molecule has 1 aliphatic rings. The van der Waals surface area contributed by atoms with Crippen molar-refractivity contribution in [3.05, 3.63) is 47.0 Å². The van der Waals surface area contributed by atoms with Crippen LogP contribution in [-0.2, 0) is 20.0 Å². The molecule has 0 saturated carbocycles. The molecular weight excluding hydrogens is 272 g/mol. The lowest BCUT2D eigenvalue weighted by Gasteiger charge is -2.32. The third-order valence-electron chi connectivity index (χ3n) is 4.78. The number of likely N-dealkylation sites (tertiary alicyclic amines) is 1. The third kappa shape index (κ3) is 3.55. The maximum Gasteiger partial charge on any atom is 0.0537 e. The molecule has 4 heteroatoms. The van der Waals surface area contributed by atoms with Gasteiger partial charge in [-0.05, 0) is 57.7 Å². The molecule has 2 aromatic rings. The highest BCUT2D eigenvalue weighted by Gasteiger charge is 2.21. The molecule has 1 atom stereocenters. The lowest BCUT2D eigenvalue weighted by atomic mass is 9.93. The molecule has 4 nitrogen and oxygen atoms in total. The van der Waals surface area contributed by atoms with E-state index >= 15 is 0 Å². The molecule has 22 heavy (non-hydrogen) atoms. The maximum absolute atomic E-state index is 4.66. The Hall–Kier alpha value is -1.68. The Kier molecular flexibility index (Phi) is 4.57. The molecule has 1 saturated heterocycles. The Morgan fingerprint density at radius 3 is 2.86 bits per heavy atom. The van der Waals surface area contributed by atoms with E-state index in [1.54, 1.807) is 0 Å². The van der Waals surface area contributed by atoms with Crippen molar-refractivity contribution in [2.75, 3.05) is 13.1 Å². The summed E-state index contributed by atoms with van der Waals surface area (Å²) in [5.74, 6) is 0.722. The summed E-state index contributed by atoms with van der Waals surface area (Å²) in [6.07, 6.45) is 5.72. The summed E-state index contributed by atoms with van der Waals surface area (Å²) in [6.45, 7) is 7.62. The molecule has 3 rings (SSSR count). The van der Waals surface area contributed by atoms with Crippen LogP contribution < -0.4 is 0 Å². The highest BCUT2D eigenvalue weighted by Crippen LogP contribution is 2.22. The first-order chi connectivity index (χ1) is 10.6. The van der Waals surface area contributed by atoms with E-state index in [0.717, 1.165) is 24.6 Å². The summed E-state index contributed by atoms with van der Waals surface area (Å²) in [7, 11) is 2.02. The number of rotatable bonds is 4. The van der Waals surface area contributed by atoms with Crippen LogP contribution in [0, 0.1) is 19.8 Å². The predicted octanol–water partition coefficient (Wildman–Crippen LogP) is 2.89. The van der Waals surface area contributed by atoms with E-state index in [2.05, 4.69) is 47.0 Å². The maximum atomic E-state index is 4.66. The van der Waals surface area contributed by atoms with Crippen molar-refractivity contribution < 1.29 is 0 Å². The average molecular weight is 298 g/mol. The second kappa shape index (κ2) is 6.61. The molecule has 0 N–H and O–H groups in total. The Morgan fingerprint density at radius 1 is 1.27 bits per heavy atom. The number of hydrogen-bond donors (Lipinski definition) is 0. The zero-order valence-electron chi connectivity index (χ0n) is 13.9. The van der Waals surface area contributed by atoms with Crippen LogP contribution in [0.25, 0.3) is 0 Å². The molecule has 118 valence electrons. The number of piperidine rings is 1. The van der Waals surface area contributed by atoms with Gasteiger partial charge in [-0.3, -0.25) is 14.6 Å². The molecule has 1 aliphatic heterocycles. The van der Waals surface area contributed by atoms with Crippen LogP contribution in [0.3, 0.4) is 0 Å². The fourth-order valence-corrected chi connectivity index (χ4v) is 3.41. The second-order valence-corrected chi connectivity index (χ2v) is 6.60. The summed E-state index contributed by atoms with van der Waals surface area (Å²) < 4.78 is 1.97. The summed E-state index contributed by atoms with van der Waals surface area (Å²) in [5, 5.41) is 4.36. The number of aromatic nitrogens is 3. The van der Waals surface area contributed by atoms with Gasteiger partial charge in [-0.1, -0.05) is 6.07 Å². The van der Waals surface area contributed by atoms with E-state index in [-0.39, 0.29) is 0 Å². The standard InChI is InChI=1S/C18H26N4/c1-14-6-4-8-18(20-14)10-16-7-5-9-22(12-16)13-17-11-19-21(3)15(17)2/h4,6,8,11,16H,5,7,9-10,12-13H2,1-3H3/t16-/m0/s1. The highest BCUT2D eigenvalue weighted by molar-refractivity contribution is 5.16. The average Bonchev–Trinajstić information content (AvgIpc) is 2.80. The van der Waals surface area contributed by atoms with E-state index in [0.29, 0.717) is 0 Å². The van der Waals surface area contributed by atoms with Crippen LogP contribution in [0.1, 0.15) is 35.5 Å². The van der Waals surface area contributed by atoms with Crippen molar-refractivity contribution in [2.24, 2.45) is 13.0 Å². The largest absolute Gasteiger partial charge is 0.299 e. The van der Waals surface area contributed by atoms with Gasteiger partial charge in [-0.2, -0.15) is 5.10 Å². The molecule has 0 unspecified atom stereocenters. The van der Waals surface area contributed by atoms with Gasteiger partial charge in [0.2, 0.25) is 0 Å². The first-order valence-electron chi connectivity index (χ1n) is 8.24. The molecule has 2 aromatic heterocycles. The van der Waals surface area contributed by atoms with E-state index in [1.807, 2.05) is 17.9 Å². The molecular formula is C18H26N4. The minimum Gasteiger partial charge on any atom is -0.299 e. The highest BCUT2D eigenvalue weighted by atomic mass is 15.3. The SMILES string of the molecule is Cc1cccc(C[C@@H]2CCCN(Cc3cnn(C)c3C)C2)n1. The zero-order valence-corrected chi connectivity index (χ0v) is 13.9. The lowest BCUT2D eigenvalue weighted by molar-refractivity contribution is 0.166. The first-order valence-corrected chi connectivity index (χ1v) is 8.24. The Balaban J connectivity index is 1.60. The molecule has 1 fully saturated rings. The Morgan fingerprint density at radius 2 is 2.14 bits per heavy atom. The van der Waals surface area contributed by atoms with Gasteiger partial charge in [0.15, 0.2) is 0 Å². The number of pyridine rings is 1. The summed E-state index contributed by atoms with van der Waals surface area (Å²) in [4.78, 5) is 7.24. The van der Waals surface area contributed by atoms with Gasteiger partial charge in [0, 0.05) is 42.8 Å². The van der Waals surface area contributed by atoms with Crippen molar-refractivity contribution in [2.45, 2.75) is 39.7 Å². The molecule has 0 aromatic carbocycles. The summed E-state index contributed by atoms with van der Waals surface area (Å²) in [5.41, 5.74) is 5.00. The second-order valence-electron chi connectivity index (χ2n) is 6.60. The summed E-state index contributed by atoms with van der Waals surface area (Å²) >= 11 is 0. The van der Waals surface area contributed by atoms with Crippen molar-refractivity contribution >= 4 is 0 Å². The smallest absolute Gasteiger partial charge is 0.0537 e. The van der Waals surface area contributed by atoms with E-state index in [1.165, 1.54) is 42.9 Å². The Labute approximate surface area is 133 Å². The molecule has 3 heterocycles. The van der Waals surface area contributed by atoms with E-state index in [4.69, 9.17) is 0 Å². The molecule has 0 amide bonds. The predicted molar refractivity (Wildman–Crippen MR) is 88.6 cm³/mol. The van der Waals surface area contributed by atoms with Gasteiger partial charge >= 0.3 is 0 Å². The quantitative estimate of drug-likeness (QED) is 0.870. The fraction of sp³-hybridized carbons (Fsp3) is 0.556. The number of aryl methyl sites for hydroxylation is 2. The van der Waals surface area contributed by atoms with Gasteiger partial charge in [-0.15, -0.1) is 0 Å². The van der Waals surface area contributed by atoms with Crippen LogP contribution >= 0.6 is 0 Å². The van der Waals surface area contributed by atoms with Crippen LogP contribution in [0.2, 0.25) is 0 Å². The van der Waals surface area contributed by atoms with Crippen LogP contribution in [0.5, 0.6) is 0 Å². The van der Waals surface area contributed by atoms with Crippen molar-refractivity contribution in [3.8, 4) is 0 Å². The third-order valence-corrected chi connectivity index (χ3v) is 4.78. The minimum absolute atomic E-state index is 0.722. The fourth-order valence-electron chi connectivity index (χ4n) is 3.41. The monoisotopic (exact) mass is 298 g/mol. The molecule has 0 aliphatic carbocycles. The molecule has 0 radical (unpaired) electrons. The van der Waals surface area contributed by atoms with Gasteiger partial charge in [0.25, 0.3) is 0 Å². The van der Waals surface area contributed by atoms with Crippen molar-refractivity contribution in [3.63, 3.8) is 0 Å². The van der Waals surface area contributed by atoms with Crippen LogP contribution in [0.15, 0.2) is 24.4 Å². The van der Waals surface area contributed by atoms with Gasteiger partial charge < -0.3 is 0 Å². The van der Waals surface area contributed by atoms with Gasteiger partial charge in [0.05, 0.1) is 6.20 Å². The lowest BCUT2D eigenvalue weighted by Crippen LogP contribution is -2.36. The van der Waals surface area contributed by atoms with Gasteiger partial charge in [0.1, 0.15) is 0 Å². The first kappa shape index (κ1) is 15.2. The molecule has 0 spiro atoms. The van der Waals surface area contributed by atoms with E-state index in [9.17, 15) is 0 Å². The number of hydrogen-bond acceptors (Lipinski definition) is 3. The van der Waals surface area contributed by atoms with Crippen molar-refractivity contribution in [1.29, 1.82) is 0 Å². The topological polar surface area (TPSA) is 34.0 Å². The Bertz CT molecular complexity index is 632. The van der Waals surface area contributed by atoms with Crippen LogP contribution in [-0.4, -0.2) is 32.8 Å². The number of nitrogens with zero attached hydrogens (tertiary/aromatic N) is 4. The van der Waals surface area contributed by atoms with Crippen molar-refractivity contribution in [1.82, 2.24) is 19.7 Å². The summed E-state index contributed by atoms with van der Waals surface area (Å²) in [6, 6.07) is 6.36. The zero-order chi connectivity index (χ0) is 15.5. The normalized spacial score (nSPS) is 19.5.